The van der Waals surface area contributed by atoms with Crippen molar-refractivity contribution in [1.29, 1.82) is 0 Å². The normalized spacial score (nSPS) is 17.0. The Morgan fingerprint density at radius 1 is 1.02 bits per heavy atom. The quantitative estimate of drug-likeness (QED) is 0.341. The maximum absolute atomic E-state index is 13.6. The summed E-state index contributed by atoms with van der Waals surface area (Å²) in [5.41, 5.74) is 4.09. The highest BCUT2D eigenvalue weighted by molar-refractivity contribution is 7.90. The Morgan fingerprint density at radius 3 is 2.40 bits per heavy atom. The van der Waals surface area contributed by atoms with Crippen LogP contribution in [-0.2, 0) is 39.0 Å². The van der Waals surface area contributed by atoms with Gasteiger partial charge in [-0.15, -0.1) is 0 Å². The van der Waals surface area contributed by atoms with Crippen molar-refractivity contribution in [3.8, 4) is 0 Å². The Balaban J connectivity index is 1.83. The molecule has 1 aliphatic heterocycles. The average Bonchev–Trinajstić information content (AvgIpc) is 2.94. The van der Waals surface area contributed by atoms with Crippen molar-refractivity contribution in [2.75, 3.05) is 45.1 Å². The van der Waals surface area contributed by atoms with Crippen LogP contribution in [0.2, 0.25) is 0 Å². The monoisotopic (exact) mass is 601 g/mol. The van der Waals surface area contributed by atoms with Crippen molar-refractivity contribution in [3.05, 3.63) is 64.7 Å². The molecule has 10 nitrogen and oxygen atoms in total. The number of fused-ring (bicyclic) bond motifs is 4. The first-order valence-corrected chi connectivity index (χ1v) is 16.1. The molecule has 232 valence electrons. The fourth-order valence-electron chi connectivity index (χ4n) is 4.84. The predicted molar refractivity (Wildman–Crippen MR) is 167 cm³/mol. The molecule has 0 aliphatic carbocycles. The number of hydrogen-bond donors (Lipinski definition) is 3. The first-order valence-electron chi connectivity index (χ1n) is 14.7. The van der Waals surface area contributed by atoms with Crippen LogP contribution >= 0.6 is 0 Å². The molecule has 2 aromatic rings. The second-order valence-electron chi connectivity index (χ2n) is 11.4. The van der Waals surface area contributed by atoms with Crippen LogP contribution < -0.4 is 20.3 Å². The number of amides is 2. The molecule has 2 atom stereocenters. The maximum atomic E-state index is 13.6. The number of hydrogen-bond acceptors (Lipinski definition) is 6. The number of rotatable bonds is 11. The number of benzene rings is 2. The van der Waals surface area contributed by atoms with Crippen LogP contribution in [0, 0.1) is 0 Å². The number of nitrogens with zero attached hydrogens (tertiary/aromatic N) is 2. The zero-order valence-corrected chi connectivity index (χ0v) is 26.6. The van der Waals surface area contributed by atoms with Gasteiger partial charge in [-0.1, -0.05) is 24.3 Å². The van der Waals surface area contributed by atoms with Crippen molar-refractivity contribution in [2.45, 2.75) is 71.1 Å². The zero-order valence-electron chi connectivity index (χ0n) is 25.8. The third-order valence-corrected chi connectivity index (χ3v) is 9.14. The minimum absolute atomic E-state index is 0.101. The number of aryl methyl sites for hydroxylation is 2. The molecule has 0 spiro atoms. The molecule has 2 amide bonds. The van der Waals surface area contributed by atoms with Gasteiger partial charge in [-0.25, -0.2) is 0 Å². The highest BCUT2D eigenvalue weighted by atomic mass is 32.2. The van der Waals surface area contributed by atoms with E-state index < -0.39 is 16.3 Å². The number of carbonyl (C=O) groups is 2. The van der Waals surface area contributed by atoms with Crippen LogP contribution in [0.25, 0.3) is 0 Å². The number of nitrogens with one attached hydrogen (secondary N) is 3. The van der Waals surface area contributed by atoms with Crippen molar-refractivity contribution in [1.82, 2.24) is 20.3 Å². The van der Waals surface area contributed by atoms with Crippen molar-refractivity contribution in [3.63, 3.8) is 0 Å². The summed E-state index contributed by atoms with van der Waals surface area (Å²) < 4.78 is 33.6. The second-order valence-corrected chi connectivity index (χ2v) is 13.6. The molecular formula is C31H47N5O5S. The van der Waals surface area contributed by atoms with Gasteiger partial charge in [0, 0.05) is 45.8 Å². The first kappa shape index (κ1) is 33.5. The van der Waals surface area contributed by atoms with Crippen LogP contribution in [-0.4, -0.2) is 83.6 Å². The van der Waals surface area contributed by atoms with Gasteiger partial charge < -0.3 is 20.7 Å². The van der Waals surface area contributed by atoms with E-state index in [2.05, 4.69) is 34.1 Å². The lowest BCUT2D eigenvalue weighted by Gasteiger charge is -2.25. The smallest absolute Gasteiger partial charge is 0.303 e. The average molecular weight is 602 g/mol. The standard InChI is InChI=1S/C31H47N5O5S/c1-22(2)41-15-14-32-30(37)23(3)33-21-28-18-25-13-9-12-24(16-25)10-7-8-11-26-17-27(31(38)34-28)20-29(19-26)36(6)42(39,40)35(4)5/h9,12-13,16-17,19-20,22-23,28,33H,7-8,10-11,14-15,18,21H2,1-6H3,(H,32,37)(H,34,38)/t23-,28-/m0/s1. The molecule has 0 aromatic heterocycles. The third-order valence-electron chi connectivity index (χ3n) is 7.32. The summed E-state index contributed by atoms with van der Waals surface area (Å²) in [6.07, 6.45) is 4.22. The predicted octanol–water partition coefficient (Wildman–Crippen LogP) is 2.67. The van der Waals surface area contributed by atoms with Gasteiger partial charge in [-0.05, 0) is 87.8 Å². The molecule has 1 heterocycles. The van der Waals surface area contributed by atoms with E-state index in [-0.39, 0.29) is 24.0 Å². The summed E-state index contributed by atoms with van der Waals surface area (Å²) in [4.78, 5) is 26.3. The largest absolute Gasteiger partial charge is 0.377 e. The van der Waals surface area contributed by atoms with Crippen molar-refractivity contribution < 1.29 is 22.7 Å². The molecule has 1 aliphatic rings. The SMILES string of the molecule is CC(C)OCCNC(=O)[C@H](C)NC[C@@H]1Cc2cccc(c2)CCCCc2cc(cc(N(C)S(=O)(=O)N(C)C)c2)C(=O)N1. The van der Waals surface area contributed by atoms with Crippen molar-refractivity contribution in [2.24, 2.45) is 0 Å². The van der Waals surface area contributed by atoms with E-state index in [0.717, 1.165) is 41.1 Å². The molecule has 0 saturated heterocycles. The molecule has 2 aromatic carbocycles. The van der Waals surface area contributed by atoms with Gasteiger partial charge in [0.05, 0.1) is 24.4 Å². The van der Waals surface area contributed by atoms with Crippen LogP contribution in [0.3, 0.4) is 0 Å². The molecular weight excluding hydrogens is 554 g/mol. The molecule has 11 heteroatoms. The van der Waals surface area contributed by atoms with Crippen LogP contribution in [0.15, 0.2) is 42.5 Å². The molecule has 0 radical (unpaired) electrons. The number of ether oxygens (including phenoxy) is 1. The summed E-state index contributed by atoms with van der Waals surface area (Å²) in [6, 6.07) is 12.9. The van der Waals surface area contributed by atoms with E-state index in [1.807, 2.05) is 32.0 Å². The lowest BCUT2D eigenvalue weighted by atomic mass is 9.97. The minimum Gasteiger partial charge on any atom is -0.377 e. The topological polar surface area (TPSA) is 120 Å². The van der Waals surface area contributed by atoms with Crippen LogP contribution in [0.4, 0.5) is 5.69 Å². The highest BCUT2D eigenvalue weighted by Gasteiger charge is 2.24. The Morgan fingerprint density at radius 2 is 1.71 bits per heavy atom. The van der Waals surface area contributed by atoms with E-state index >= 15 is 0 Å². The maximum Gasteiger partial charge on any atom is 0.303 e. The van der Waals surface area contributed by atoms with Gasteiger partial charge in [0.25, 0.3) is 5.91 Å². The summed E-state index contributed by atoms with van der Waals surface area (Å²) in [5.74, 6) is -0.434. The van der Waals surface area contributed by atoms with Crippen molar-refractivity contribution >= 4 is 27.7 Å². The molecule has 3 N–H and O–H groups in total. The molecule has 0 saturated carbocycles. The van der Waals surface area contributed by atoms with Crippen LogP contribution in [0.1, 0.15) is 60.7 Å². The Bertz CT molecular complexity index is 1310. The molecule has 0 unspecified atom stereocenters. The third kappa shape index (κ3) is 9.79. The van der Waals surface area contributed by atoms with Gasteiger partial charge in [0.15, 0.2) is 0 Å². The highest BCUT2D eigenvalue weighted by Crippen LogP contribution is 2.24. The summed E-state index contributed by atoms with van der Waals surface area (Å²) in [7, 11) is 0.727. The van der Waals surface area contributed by atoms with Gasteiger partial charge in [-0.3, -0.25) is 13.9 Å². The summed E-state index contributed by atoms with van der Waals surface area (Å²) >= 11 is 0. The first-order chi connectivity index (χ1) is 19.9. The Labute approximate surface area is 251 Å². The number of anilines is 1. The molecule has 4 bridgehead atoms. The Hall–Kier alpha value is -2.99. The number of carbonyl (C=O) groups excluding carboxylic acids is 2. The van der Waals surface area contributed by atoms with E-state index in [1.165, 1.54) is 31.0 Å². The summed E-state index contributed by atoms with van der Waals surface area (Å²) in [6.45, 7) is 6.92. The zero-order chi connectivity index (χ0) is 30.9. The summed E-state index contributed by atoms with van der Waals surface area (Å²) in [5, 5.41) is 9.29. The van der Waals surface area contributed by atoms with Gasteiger partial charge >= 0.3 is 10.2 Å². The van der Waals surface area contributed by atoms with E-state index in [4.69, 9.17) is 4.74 Å². The van der Waals surface area contributed by atoms with E-state index in [9.17, 15) is 18.0 Å². The fourth-order valence-corrected chi connectivity index (χ4v) is 5.70. The van der Waals surface area contributed by atoms with E-state index in [1.54, 1.807) is 13.0 Å². The molecule has 3 rings (SSSR count). The fraction of sp³-hybridized carbons (Fsp3) is 0.548. The lowest BCUT2D eigenvalue weighted by Crippen LogP contribution is -2.50. The Kier molecular flexibility index (Phi) is 12.3. The van der Waals surface area contributed by atoms with Gasteiger partial charge in [-0.2, -0.15) is 12.7 Å². The molecule has 42 heavy (non-hydrogen) atoms. The van der Waals surface area contributed by atoms with Gasteiger partial charge in [0.2, 0.25) is 5.91 Å². The van der Waals surface area contributed by atoms with Crippen LogP contribution in [0.5, 0.6) is 0 Å². The minimum atomic E-state index is -3.73. The molecule has 0 fully saturated rings. The van der Waals surface area contributed by atoms with E-state index in [0.29, 0.717) is 37.4 Å². The second kappa shape index (κ2) is 15.5. The lowest BCUT2D eigenvalue weighted by molar-refractivity contribution is -0.123. The van der Waals surface area contributed by atoms with Gasteiger partial charge in [0.1, 0.15) is 0 Å².